The maximum Gasteiger partial charge on any atom is 0.416 e. The van der Waals surface area contributed by atoms with Gasteiger partial charge in [0.2, 0.25) is 0 Å². The predicted octanol–water partition coefficient (Wildman–Crippen LogP) is 3.16. The van der Waals surface area contributed by atoms with Gasteiger partial charge in [0.15, 0.2) is 0 Å². The monoisotopic (exact) mass is 348 g/mol. The fourth-order valence-corrected chi connectivity index (χ4v) is 2.19. The van der Waals surface area contributed by atoms with Gasteiger partial charge in [-0.3, -0.25) is 0 Å². The summed E-state index contributed by atoms with van der Waals surface area (Å²) in [6.07, 6.45) is -2.88. The van der Waals surface area contributed by atoms with Crippen LogP contribution in [0.15, 0.2) is 28.9 Å². The van der Waals surface area contributed by atoms with Crippen LogP contribution in [0.3, 0.4) is 0 Å². The minimum Gasteiger partial charge on any atom is -0.311 e. The van der Waals surface area contributed by atoms with E-state index in [0.717, 1.165) is 18.7 Å². The minimum atomic E-state index is -4.40. The largest absolute Gasteiger partial charge is 0.416 e. The second kappa shape index (κ2) is 5.92. The van der Waals surface area contributed by atoms with Crippen molar-refractivity contribution >= 4 is 15.9 Å². The number of benzene rings is 1. The molecule has 1 aromatic carbocycles. The van der Waals surface area contributed by atoms with Gasteiger partial charge in [-0.25, -0.2) is 4.68 Å². The molecular weight excluding hydrogens is 337 g/mol. The number of nitrogens with zero attached hydrogens (tertiary/aromatic N) is 3. The molecule has 108 valence electrons. The van der Waals surface area contributed by atoms with Crippen LogP contribution in [0.2, 0.25) is 0 Å². The molecule has 1 aromatic heterocycles. The van der Waals surface area contributed by atoms with Gasteiger partial charge >= 0.3 is 6.18 Å². The van der Waals surface area contributed by atoms with E-state index in [4.69, 9.17) is 0 Å². The van der Waals surface area contributed by atoms with Gasteiger partial charge in [-0.05, 0) is 24.7 Å². The molecular formula is C12H12BrF3N4. The molecule has 0 amide bonds. The smallest absolute Gasteiger partial charge is 0.311 e. The van der Waals surface area contributed by atoms with E-state index in [0.29, 0.717) is 22.4 Å². The lowest BCUT2D eigenvalue weighted by molar-refractivity contribution is -0.137. The van der Waals surface area contributed by atoms with Crippen molar-refractivity contribution in [1.82, 2.24) is 20.3 Å². The molecule has 0 saturated heterocycles. The summed E-state index contributed by atoms with van der Waals surface area (Å²) in [6.45, 7) is 3.17. The topological polar surface area (TPSA) is 42.7 Å². The molecule has 0 aliphatic heterocycles. The summed E-state index contributed by atoms with van der Waals surface area (Å²) in [5, 5.41) is 10.7. The first-order valence-electron chi connectivity index (χ1n) is 5.90. The van der Waals surface area contributed by atoms with Crippen LogP contribution in [0, 0.1) is 0 Å². The lowest BCUT2D eigenvalue weighted by Gasteiger charge is -2.11. The molecule has 0 atom stereocenters. The molecule has 2 rings (SSSR count). The Bertz CT molecular complexity index is 595. The Morgan fingerprint density at radius 1 is 1.30 bits per heavy atom. The third-order valence-corrected chi connectivity index (χ3v) is 3.09. The van der Waals surface area contributed by atoms with Crippen molar-refractivity contribution in [3.05, 3.63) is 40.1 Å². The lowest BCUT2D eigenvalue weighted by Crippen LogP contribution is -2.15. The van der Waals surface area contributed by atoms with Crippen molar-refractivity contribution in [3.63, 3.8) is 0 Å². The van der Waals surface area contributed by atoms with Gasteiger partial charge in [0.25, 0.3) is 0 Å². The first kappa shape index (κ1) is 15.0. The van der Waals surface area contributed by atoms with E-state index in [1.807, 2.05) is 6.92 Å². The predicted molar refractivity (Wildman–Crippen MR) is 71.4 cm³/mol. The van der Waals surface area contributed by atoms with Gasteiger partial charge in [0.05, 0.1) is 23.1 Å². The van der Waals surface area contributed by atoms with Crippen LogP contribution < -0.4 is 5.32 Å². The number of halogens is 4. The highest BCUT2D eigenvalue weighted by Gasteiger charge is 2.31. The van der Waals surface area contributed by atoms with Crippen molar-refractivity contribution in [2.24, 2.45) is 0 Å². The summed E-state index contributed by atoms with van der Waals surface area (Å²) in [7, 11) is 0. The highest BCUT2D eigenvalue weighted by molar-refractivity contribution is 9.10. The third-order valence-electron chi connectivity index (χ3n) is 2.63. The summed E-state index contributed by atoms with van der Waals surface area (Å²) < 4.78 is 40.2. The first-order valence-corrected chi connectivity index (χ1v) is 6.69. The molecule has 1 heterocycles. The summed E-state index contributed by atoms with van der Waals surface area (Å²) in [5.41, 5.74) is 0.280. The summed E-state index contributed by atoms with van der Waals surface area (Å²) in [6, 6.07) is 3.65. The average molecular weight is 349 g/mol. The number of hydrogen-bond donors (Lipinski definition) is 1. The Kier molecular flexibility index (Phi) is 4.44. The number of hydrogen-bond acceptors (Lipinski definition) is 3. The molecule has 8 heteroatoms. The molecule has 0 saturated carbocycles. The maximum atomic E-state index is 12.8. The van der Waals surface area contributed by atoms with Crippen molar-refractivity contribution in [2.45, 2.75) is 19.6 Å². The summed E-state index contributed by atoms with van der Waals surface area (Å²) >= 11 is 3.09. The van der Waals surface area contributed by atoms with E-state index in [1.54, 1.807) is 6.07 Å². The van der Waals surface area contributed by atoms with Gasteiger partial charge in [-0.1, -0.05) is 28.1 Å². The zero-order valence-corrected chi connectivity index (χ0v) is 12.2. The van der Waals surface area contributed by atoms with E-state index in [1.165, 1.54) is 10.9 Å². The summed E-state index contributed by atoms with van der Waals surface area (Å²) in [4.78, 5) is 0. The molecule has 4 nitrogen and oxygen atoms in total. The standard InChI is InChI=1S/C12H12BrF3N4/c1-2-17-6-11-7-18-19-20(11)10-4-8(12(14,15)16)3-9(13)5-10/h3-5,7,17H,2,6H2,1H3. The molecule has 0 unspecified atom stereocenters. The molecule has 0 fully saturated rings. The molecule has 0 spiro atoms. The Hall–Kier alpha value is -1.41. The van der Waals surface area contributed by atoms with Crippen LogP contribution in [0.25, 0.3) is 5.69 Å². The molecule has 0 aliphatic carbocycles. The second-order valence-corrected chi connectivity index (χ2v) is 5.03. The number of aromatic nitrogens is 3. The Morgan fingerprint density at radius 3 is 2.70 bits per heavy atom. The van der Waals surface area contributed by atoms with Crippen LogP contribution in [-0.4, -0.2) is 21.5 Å². The van der Waals surface area contributed by atoms with Gasteiger partial charge in [0, 0.05) is 11.0 Å². The lowest BCUT2D eigenvalue weighted by atomic mass is 10.2. The normalized spacial score (nSPS) is 11.8. The van der Waals surface area contributed by atoms with E-state index >= 15 is 0 Å². The van der Waals surface area contributed by atoms with Gasteiger partial charge < -0.3 is 5.32 Å². The van der Waals surface area contributed by atoms with E-state index in [-0.39, 0.29) is 0 Å². The Balaban J connectivity index is 2.43. The molecule has 2 aromatic rings. The molecule has 0 aliphatic rings. The fraction of sp³-hybridized carbons (Fsp3) is 0.333. The van der Waals surface area contributed by atoms with Crippen LogP contribution in [0.1, 0.15) is 18.2 Å². The quantitative estimate of drug-likeness (QED) is 0.922. The van der Waals surface area contributed by atoms with E-state index in [2.05, 4.69) is 31.6 Å². The van der Waals surface area contributed by atoms with Gasteiger partial charge in [0.1, 0.15) is 0 Å². The SMILES string of the molecule is CCNCc1cnnn1-c1cc(Br)cc(C(F)(F)F)c1. The van der Waals surface area contributed by atoms with Gasteiger partial charge in [-0.2, -0.15) is 13.2 Å². The number of nitrogens with one attached hydrogen (secondary N) is 1. The highest BCUT2D eigenvalue weighted by atomic mass is 79.9. The highest BCUT2D eigenvalue weighted by Crippen LogP contribution is 2.32. The summed E-state index contributed by atoms with van der Waals surface area (Å²) in [5.74, 6) is 0. The molecule has 20 heavy (non-hydrogen) atoms. The minimum absolute atomic E-state index is 0.317. The van der Waals surface area contributed by atoms with Crippen molar-refractivity contribution in [1.29, 1.82) is 0 Å². The van der Waals surface area contributed by atoms with Crippen molar-refractivity contribution in [2.75, 3.05) is 6.54 Å². The Labute approximate surface area is 122 Å². The number of rotatable bonds is 4. The number of alkyl halides is 3. The van der Waals surface area contributed by atoms with Crippen molar-refractivity contribution < 1.29 is 13.2 Å². The van der Waals surface area contributed by atoms with Crippen molar-refractivity contribution in [3.8, 4) is 5.69 Å². The molecule has 0 bridgehead atoms. The van der Waals surface area contributed by atoms with Crippen LogP contribution in [-0.2, 0) is 12.7 Å². The van der Waals surface area contributed by atoms with Crippen LogP contribution in [0.4, 0.5) is 13.2 Å². The van der Waals surface area contributed by atoms with E-state index in [9.17, 15) is 13.2 Å². The third kappa shape index (κ3) is 3.37. The molecule has 1 N–H and O–H groups in total. The second-order valence-electron chi connectivity index (χ2n) is 4.11. The van der Waals surface area contributed by atoms with Crippen LogP contribution >= 0.6 is 15.9 Å². The van der Waals surface area contributed by atoms with Crippen LogP contribution in [0.5, 0.6) is 0 Å². The molecule has 0 radical (unpaired) electrons. The fourth-order valence-electron chi connectivity index (χ4n) is 1.71. The maximum absolute atomic E-state index is 12.8. The average Bonchev–Trinajstić information content (AvgIpc) is 2.82. The zero-order valence-electron chi connectivity index (χ0n) is 10.6. The first-order chi connectivity index (χ1) is 9.41. The zero-order chi connectivity index (χ0) is 14.8. The van der Waals surface area contributed by atoms with E-state index < -0.39 is 11.7 Å². The van der Waals surface area contributed by atoms with Gasteiger partial charge in [-0.15, -0.1) is 5.10 Å². The Morgan fingerprint density at radius 2 is 2.05 bits per heavy atom.